The topological polar surface area (TPSA) is 63.1 Å². The number of likely N-dealkylation sites (tertiary alicyclic amines) is 1. The highest BCUT2D eigenvalue weighted by molar-refractivity contribution is 5.94. The van der Waals surface area contributed by atoms with Crippen LogP contribution in [0.3, 0.4) is 0 Å². The molecule has 0 atom stereocenters. The molecule has 120 valence electrons. The summed E-state index contributed by atoms with van der Waals surface area (Å²) in [5, 5.41) is 3.14. The van der Waals surface area contributed by atoms with Crippen LogP contribution in [-0.4, -0.2) is 50.5 Å². The van der Waals surface area contributed by atoms with Gasteiger partial charge in [-0.05, 0) is 37.8 Å². The molecule has 1 aliphatic heterocycles. The third kappa shape index (κ3) is 3.27. The van der Waals surface area contributed by atoms with Crippen LogP contribution in [0.25, 0.3) is 5.82 Å². The molecule has 3 heterocycles. The maximum absolute atomic E-state index is 12.4. The summed E-state index contributed by atoms with van der Waals surface area (Å²) in [5.41, 5.74) is 0.610. The lowest BCUT2D eigenvalue weighted by atomic mass is 10.0. The number of imidazole rings is 1. The fourth-order valence-corrected chi connectivity index (χ4v) is 3.19. The van der Waals surface area contributed by atoms with Gasteiger partial charge in [0.25, 0.3) is 5.91 Å². The number of pyridine rings is 1. The van der Waals surface area contributed by atoms with Crippen molar-refractivity contribution in [2.75, 3.05) is 13.1 Å². The molecule has 0 aromatic carbocycles. The summed E-state index contributed by atoms with van der Waals surface area (Å²) in [4.78, 5) is 23.2. The molecule has 1 saturated heterocycles. The number of carbonyl (C=O) groups is 1. The van der Waals surface area contributed by atoms with Gasteiger partial charge in [-0.15, -0.1) is 0 Å². The highest BCUT2D eigenvalue weighted by Crippen LogP contribution is 2.29. The Kier molecular flexibility index (Phi) is 3.83. The molecule has 6 heteroatoms. The second-order valence-corrected chi connectivity index (χ2v) is 6.39. The number of aromatic nitrogens is 3. The van der Waals surface area contributed by atoms with Crippen molar-refractivity contribution < 1.29 is 4.79 Å². The molecule has 1 saturated carbocycles. The summed E-state index contributed by atoms with van der Waals surface area (Å²) in [6.45, 7) is 2.21. The van der Waals surface area contributed by atoms with Crippen LogP contribution in [-0.2, 0) is 0 Å². The zero-order valence-corrected chi connectivity index (χ0v) is 13.1. The van der Waals surface area contributed by atoms with E-state index in [-0.39, 0.29) is 11.9 Å². The van der Waals surface area contributed by atoms with Gasteiger partial charge in [-0.25, -0.2) is 9.97 Å². The largest absolute Gasteiger partial charge is 0.349 e. The van der Waals surface area contributed by atoms with Crippen LogP contribution >= 0.6 is 0 Å². The van der Waals surface area contributed by atoms with E-state index in [1.54, 1.807) is 18.7 Å². The van der Waals surface area contributed by atoms with E-state index in [9.17, 15) is 4.79 Å². The van der Waals surface area contributed by atoms with Gasteiger partial charge in [0, 0.05) is 43.8 Å². The zero-order valence-electron chi connectivity index (χ0n) is 13.1. The Hall–Kier alpha value is -2.21. The molecule has 2 aromatic heterocycles. The van der Waals surface area contributed by atoms with Crippen molar-refractivity contribution >= 4 is 5.91 Å². The first kappa shape index (κ1) is 14.4. The number of rotatable bonds is 4. The molecular formula is C17H21N5O. The summed E-state index contributed by atoms with van der Waals surface area (Å²) in [7, 11) is 0. The molecule has 6 nitrogen and oxygen atoms in total. The van der Waals surface area contributed by atoms with Crippen LogP contribution < -0.4 is 5.32 Å². The molecule has 2 fully saturated rings. The SMILES string of the molecule is O=C(NC1CCN(C2CC2)CC1)c1ccc(-n2ccnc2)nc1. The lowest BCUT2D eigenvalue weighted by Crippen LogP contribution is -2.45. The van der Waals surface area contributed by atoms with Crippen molar-refractivity contribution in [2.45, 2.75) is 37.8 Å². The molecule has 23 heavy (non-hydrogen) atoms. The van der Waals surface area contributed by atoms with E-state index in [1.807, 2.05) is 22.9 Å². The van der Waals surface area contributed by atoms with Gasteiger partial charge < -0.3 is 10.2 Å². The number of nitrogens with zero attached hydrogens (tertiary/aromatic N) is 4. The average Bonchev–Trinajstić information content (AvgIpc) is 3.30. The van der Waals surface area contributed by atoms with Crippen molar-refractivity contribution in [1.29, 1.82) is 0 Å². The Balaban J connectivity index is 1.34. The minimum atomic E-state index is -0.0282. The van der Waals surface area contributed by atoms with Crippen LogP contribution in [0.4, 0.5) is 0 Å². The van der Waals surface area contributed by atoms with E-state index in [0.29, 0.717) is 5.56 Å². The molecule has 1 amide bonds. The summed E-state index contributed by atoms with van der Waals surface area (Å²) in [6.07, 6.45) is 11.6. The van der Waals surface area contributed by atoms with E-state index in [1.165, 1.54) is 12.8 Å². The summed E-state index contributed by atoms with van der Waals surface area (Å²) in [6, 6.07) is 4.76. The predicted octanol–water partition coefficient (Wildman–Crippen LogP) is 1.62. The summed E-state index contributed by atoms with van der Waals surface area (Å²) in [5.74, 6) is 0.733. The first-order chi connectivity index (χ1) is 11.3. The standard InChI is InChI=1S/C17H21N5O/c23-17(20-14-5-8-21(9-6-14)15-2-3-15)13-1-4-16(19-11-13)22-10-7-18-12-22/h1,4,7,10-12,14-15H,2-3,5-6,8-9H2,(H,20,23). The third-order valence-electron chi connectivity index (χ3n) is 4.71. The van der Waals surface area contributed by atoms with Crippen LogP contribution in [0.5, 0.6) is 0 Å². The Bertz CT molecular complexity index is 655. The van der Waals surface area contributed by atoms with E-state index >= 15 is 0 Å². The lowest BCUT2D eigenvalue weighted by Gasteiger charge is -2.32. The number of piperidine rings is 1. The minimum absolute atomic E-state index is 0.0282. The van der Waals surface area contributed by atoms with Gasteiger partial charge in [0.05, 0.1) is 5.56 Å². The van der Waals surface area contributed by atoms with E-state index in [2.05, 4.69) is 20.2 Å². The summed E-state index contributed by atoms with van der Waals surface area (Å²) >= 11 is 0. The first-order valence-corrected chi connectivity index (χ1v) is 8.29. The molecule has 1 N–H and O–H groups in total. The highest BCUT2D eigenvalue weighted by Gasteiger charge is 2.32. The Labute approximate surface area is 135 Å². The molecule has 4 rings (SSSR count). The van der Waals surface area contributed by atoms with Gasteiger partial charge in [-0.1, -0.05) is 0 Å². The van der Waals surface area contributed by atoms with Crippen LogP contribution in [0, 0.1) is 0 Å². The number of carbonyl (C=O) groups excluding carboxylic acids is 1. The lowest BCUT2D eigenvalue weighted by molar-refractivity contribution is 0.0909. The van der Waals surface area contributed by atoms with Crippen molar-refractivity contribution in [2.24, 2.45) is 0 Å². The average molecular weight is 311 g/mol. The normalized spacial score (nSPS) is 19.7. The minimum Gasteiger partial charge on any atom is -0.349 e. The van der Waals surface area contributed by atoms with Crippen molar-refractivity contribution in [3.8, 4) is 5.82 Å². The molecule has 0 bridgehead atoms. The van der Waals surface area contributed by atoms with Gasteiger partial charge in [-0.3, -0.25) is 9.36 Å². The molecule has 1 aliphatic carbocycles. The van der Waals surface area contributed by atoms with Crippen LogP contribution in [0.15, 0.2) is 37.1 Å². The van der Waals surface area contributed by atoms with Gasteiger partial charge in [0.2, 0.25) is 0 Å². The molecule has 2 aromatic rings. The number of nitrogens with one attached hydrogen (secondary N) is 1. The molecule has 0 unspecified atom stereocenters. The van der Waals surface area contributed by atoms with E-state index in [4.69, 9.17) is 0 Å². The first-order valence-electron chi connectivity index (χ1n) is 8.29. The quantitative estimate of drug-likeness (QED) is 0.932. The van der Waals surface area contributed by atoms with E-state index in [0.717, 1.165) is 37.8 Å². The van der Waals surface area contributed by atoms with Crippen molar-refractivity contribution in [3.63, 3.8) is 0 Å². The molecule has 0 spiro atoms. The van der Waals surface area contributed by atoms with Crippen molar-refractivity contribution in [3.05, 3.63) is 42.6 Å². The van der Waals surface area contributed by atoms with Crippen LogP contribution in [0.2, 0.25) is 0 Å². The van der Waals surface area contributed by atoms with Gasteiger partial charge >= 0.3 is 0 Å². The highest BCUT2D eigenvalue weighted by atomic mass is 16.1. The maximum atomic E-state index is 12.4. The summed E-state index contributed by atoms with van der Waals surface area (Å²) < 4.78 is 1.81. The molecular weight excluding hydrogens is 290 g/mol. The fourth-order valence-electron chi connectivity index (χ4n) is 3.19. The second-order valence-electron chi connectivity index (χ2n) is 6.39. The van der Waals surface area contributed by atoms with Gasteiger partial charge in [-0.2, -0.15) is 0 Å². The fraction of sp³-hybridized carbons (Fsp3) is 0.471. The monoisotopic (exact) mass is 311 g/mol. The second kappa shape index (κ2) is 6.12. The van der Waals surface area contributed by atoms with Gasteiger partial charge in [0.15, 0.2) is 0 Å². The predicted molar refractivity (Wildman–Crippen MR) is 86.4 cm³/mol. The maximum Gasteiger partial charge on any atom is 0.253 e. The smallest absolute Gasteiger partial charge is 0.253 e. The van der Waals surface area contributed by atoms with Crippen molar-refractivity contribution in [1.82, 2.24) is 24.8 Å². The van der Waals surface area contributed by atoms with Crippen LogP contribution in [0.1, 0.15) is 36.0 Å². The number of hydrogen-bond acceptors (Lipinski definition) is 4. The van der Waals surface area contributed by atoms with E-state index < -0.39 is 0 Å². The Morgan fingerprint density at radius 2 is 2.00 bits per heavy atom. The Morgan fingerprint density at radius 1 is 1.17 bits per heavy atom. The number of hydrogen-bond donors (Lipinski definition) is 1. The third-order valence-corrected chi connectivity index (χ3v) is 4.71. The van der Waals surface area contributed by atoms with Gasteiger partial charge in [0.1, 0.15) is 12.1 Å². The molecule has 2 aliphatic rings. The Morgan fingerprint density at radius 3 is 2.61 bits per heavy atom. The number of amides is 1. The molecule has 0 radical (unpaired) electrons. The zero-order chi connectivity index (χ0) is 15.6.